The van der Waals surface area contributed by atoms with Gasteiger partial charge in [0, 0.05) is 50.5 Å². The van der Waals surface area contributed by atoms with Gasteiger partial charge in [-0.05, 0) is 55.4 Å². The third-order valence-electron chi connectivity index (χ3n) is 6.18. The van der Waals surface area contributed by atoms with Gasteiger partial charge in [0.25, 0.3) is 11.8 Å². The first kappa shape index (κ1) is 18.4. The molecule has 3 saturated heterocycles. The van der Waals surface area contributed by atoms with Crippen LogP contribution in [0.3, 0.4) is 0 Å². The van der Waals surface area contributed by atoms with E-state index in [-0.39, 0.29) is 17.2 Å². The van der Waals surface area contributed by atoms with E-state index in [0.29, 0.717) is 37.4 Å². The SMILES string of the molecule is O=C(c1ccc(C(=O)N2CCCC3(CCOCC3)C2)cc1)N1CCOCC1. The second-order valence-electron chi connectivity index (χ2n) is 7.92. The fourth-order valence-corrected chi connectivity index (χ4v) is 4.48. The quantitative estimate of drug-likeness (QED) is 0.799. The number of hydrogen-bond acceptors (Lipinski definition) is 4. The minimum atomic E-state index is 0.0106. The molecule has 0 aliphatic carbocycles. The minimum Gasteiger partial charge on any atom is -0.381 e. The van der Waals surface area contributed by atoms with Crippen LogP contribution < -0.4 is 0 Å². The number of piperidine rings is 1. The average Bonchev–Trinajstić information content (AvgIpc) is 2.74. The van der Waals surface area contributed by atoms with Crippen molar-refractivity contribution in [2.24, 2.45) is 5.41 Å². The number of carbonyl (C=O) groups excluding carboxylic acids is 2. The lowest BCUT2D eigenvalue weighted by molar-refractivity contribution is -0.0229. The minimum absolute atomic E-state index is 0.0106. The molecule has 4 rings (SSSR count). The molecule has 6 heteroatoms. The zero-order valence-corrected chi connectivity index (χ0v) is 15.8. The number of nitrogens with zero attached hydrogens (tertiary/aromatic N) is 2. The Hall–Kier alpha value is -1.92. The van der Waals surface area contributed by atoms with Crippen molar-refractivity contribution in [2.75, 3.05) is 52.6 Å². The number of morpholine rings is 1. The van der Waals surface area contributed by atoms with E-state index < -0.39 is 0 Å². The third-order valence-corrected chi connectivity index (χ3v) is 6.18. The fraction of sp³-hybridized carbons (Fsp3) is 0.619. The summed E-state index contributed by atoms with van der Waals surface area (Å²) in [7, 11) is 0. The van der Waals surface area contributed by atoms with Crippen LogP contribution in [0.4, 0.5) is 0 Å². The molecule has 2 amide bonds. The van der Waals surface area contributed by atoms with Crippen LogP contribution in [0.5, 0.6) is 0 Å². The normalized spacial score (nSPS) is 22.7. The highest BCUT2D eigenvalue weighted by atomic mass is 16.5. The molecule has 0 radical (unpaired) electrons. The van der Waals surface area contributed by atoms with Crippen LogP contribution >= 0.6 is 0 Å². The van der Waals surface area contributed by atoms with Gasteiger partial charge in [0.2, 0.25) is 0 Å². The van der Waals surface area contributed by atoms with Gasteiger partial charge in [-0.15, -0.1) is 0 Å². The molecule has 0 bridgehead atoms. The number of benzene rings is 1. The predicted octanol–water partition coefficient (Wildman–Crippen LogP) is 2.19. The Morgan fingerprint density at radius 2 is 1.30 bits per heavy atom. The van der Waals surface area contributed by atoms with Crippen molar-refractivity contribution >= 4 is 11.8 Å². The summed E-state index contributed by atoms with van der Waals surface area (Å²) in [6.45, 7) is 5.67. The summed E-state index contributed by atoms with van der Waals surface area (Å²) in [6.07, 6.45) is 4.33. The monoisotopic (exact) mass is 372 g/mol. The van der Waals surface area contributed by atoms with Gasteiger partial charge >= 0.3 is 0 Å². The van der Waals surface area contributed by atoms with Gasteiger partial charge in [-0.1, -0.05) is 0 Å². The summed E-state index contributed by atoms with van der Waals surface area (Å²) in [5.74, 6) is 0.0855. The van der Waals surface area contributed by atoms with Crippen molar-refractivity contribution in [1.29, 1.82) is 0 Å². The van der Waals surface area contributed by atoms with Gasteiger partial charge in [-0.2, -0.15) is 0 Å². The molecule has 0 N–H and O–H groups in total. The molecule has 1 aromatic carbocycles. The van der Waals surface area contributed by atoms with E-state index >= 15 is 0 Å². The Balaban J connectivity index is 1.42. The number of carbonyl (C=O) groups is 2. The average molecular weight is 372 g/mol. The molecule has 0 saturated carbocycles. The first-order valence-electron chi connectivity index (χ1n) is 10.0. The van der Waals surface area contributed by atoms with E-state index in [1.165, 1.54) is 6.42 Å². The summed E-state index contributed by atoms with van der Waals surface area (Å²) in [5, 5.41) is 0. The van der Waals surface area contributed by atoms with Crippen molar-refractivity contribution in [3.63, 3.8) is 0 Å². The van der Waals surface area contributed by atoms with Crippen LogP contribution in [0, 0.1) is 5.41 Å². The van der Waals surface area contributed by atoms with Gasteiger partial charge in [0.05, 0.1) is 13.2 Å². The lowest BCUT2D eigenvalue weighted by atomic mass is 9.74. The van der Waals surface area contributed by atoms with Crippen molar-refractivity contribution in [1.82, 2.24) is 9.80 Å². The largest absolute Gasteiger partial charge is 0.381 e. The zero-order valence-electron chi connectivity index (χ0n) is 15.8. The highest BCUT2D eigenvalue weighted by molar-refractivity contribution is 5.98. The Morgan fingerprint density at radius 3 is 1.93 bits per heavy atom. The molecule has 3 heterocycles. The van der Waals surface area contributed by atoms with Gasteiger partial charge in [0.15, 0.2) is 0 Å². The van der Waals surface area contributed by atoms with E-state index in [9.17, 15) is 9.59 Å². The molecule has 6 nitrogen and oxygen atoms in total. The van der Waals surface area contributed by atoms with Crippen molar-refractivity contribution in [3.05, 3.63) is 35.4 Å². The van der Waals surface area contributed by atoms with Gasteiger partial charge in [0.1, 0.15) is 0 Å². The van der Waals surface area contributed by atoms with Crippen LogP contribution in [0.15, 0.2) is 24.3 Å². The maximum Gasteiger partial charge on any atom is 0.254 e. The molecule has 1 aromatic rings. The first-order chi connectivity index (χ1) is 13.2. The number of amides is 2. The van der Waals surface area contributed by atoms with Crippen molar-refractivity contribution < 1.29 is 19.1 Å². The van der Waals surface area contributed by atoms with E-state index in [0.717, 1.165) is 45.6 Å². The van der Waals surface area contributed by atoms with E-state index in [1.54, 1.807) is 29.2 Å². The summed E-state index contributed by atoms with van der Waals surface area (Å²) >= 11 is 0. The van der Waals surface area contributed by atoms with Gasteiger partial charge in [-0.25, -0.2) is 0 Å². The Kier molecular flexibility index (Phi) is 5.45. The Labute approximate surface area is 160 Å². The molecule has 0 atom stereocenters. The Bertz CT molecular complexity index is 670. The first-order valence-corrected chi connectivity index (χ1v) is 10.0. The van der Waals surface area contributed by atoms with E-state index in [4.69, 9.17) is 9.47 Å². The van der Waals surface area contributed by atoms with Gasteiger partial charge < -0.3 is 19.3 Å². The van der Waals surface area contributed by atoms with E-state index in [2.05, 4.69) is 0 Å². The summed E-state index contributed by atoms with van der Waals surface area (Å²) in [6, 6.07) is 7.14. The predicted molar refractivity (Wildman–Crippen MR) is 101 cm³/mol. The molecule has 0 aromatic heterocycles. The summed E-state index contributed by atoms with van der Waals surface area (Å²) in [5.41, 5.74) is 1.53. The molecule has 3 aliphatic heterocycles. The van der Waals surface area contributed by atoms with Crippen LogP contribution in [-0.2, 0) is 9.47 Å². The highest BCUT2D eigenvalue weighted by Crippen LogP contribution is 2.39. The molecule has 1 spiro atoms. The highest BCUT2D eigenvalue weighted by Gasteiger charge is 2.38. The van der Waals surface area contributed by atoms with Crippen LogP contribution in [-0.4, -0.2) is 74.2 Å². The maximum atomic E-state index is 13.0. The Morgan fingerprint density at radius 1 is 0.741 bits per heavy atom. The molecule has 0 unspecified atom stereocenters. The molecule has 27 heavy (non-hydrogen) atoms. The molecular weight excluding hydrogens is 344 g/mol. The number of hydrogen-bond donors (Lipinski definition) is 0. The maximum absolute atomic E-state index is 13.0. The third kappa shape index (κ3) is 4.01. The zero-order chi connectivity index (χ0) is 18.7. The lowest BCUT2D eigenvalue weighted by Gasteiger charge is -2.45. The van der Waals surface area contributed by atoms with Gasteiger partial charge in [-0.3, -0.25) is 9.59 Å². The second-order valence-corrected chi connectivity index (χ2v) is 7.92. The molecule has 3 aliphatic rings. The fourth-order valence-electron chi connectivity index (χ4n) is 4.48. The molecule has 3 fully saturated rings. The summed E-state index contributed by atoms with van der Waals surface area (Å²) < 4.78 is 10.8. The number of ether oxygens (including phenoxy) is 2. The lowest BCUT2D eigenvalue weighted by Crippen LogP contribution is -2.48. The summed E-state index contributed by atoms with van der Waals surface area (Å²) in [4.78, 5) is 29.3. The standard InChI is InChI=1S/C21H28N2O4/c24-19(22-10-14-27-15-11-22)17-2-4-18(5-3-17)20(25)23-9-1-6-21(16-23)7-12-26-13-8-21/h2-5H,1,6-16H2. The van der Waals surface area contributed by atoms with Crippen molar-refractivity contribution in [2.45, 2.75) is 25.7 Å². The van der Waals surface area contributed by atoms with Crippen LogP contribution in [0.1, 0.15) is 46.4 Å². The topological polar surface area (TPSA) is 59.1 Å². The molecule has 146 valence electrons. The number of likely N-dealkylation sites (tertiary alicyclic amines) is 1. The van der Waals surface area contributed by atoms with Crippen molar-refractivity contribution in [3.8, 4) is 0 Å². The van der Waals surface area contributed by atoms with E-state index in [1.807, 2.05) is 4.90 Å². The second kappa shape index (κ2) is 7.98. The molecular formula is C21H28N2O4. The number of rotatable bonds is 2. The van der Waals surface area contributed by atoms with Crippen LogP contribution in [0.25, 0.3) is 0 Å². The smallest absolute Gasteiger partial charge is 0.254 e. The van der Waals surface area contributed by atoms with Crippen LogP contribution in [0.2, 0.25) is 0 Å².